The zero-order chi connectivity index (χ0) is 26.1. The third kappa shape index (κ3) is 5.54. The Kier molecular flexibility index (Phi) is 8.79. The van der Waals surface area contributed by atoms with Crippen LogP contribution >= 0.6 is 0 Å². The summed E-state index contributed by atoms with van der Waals surface area (Å²) in [6.45, 7) is 6.69. The third-order valence-electron chi connectivity index (χ3n) is 7.40. The van der Waals surface area contributed by atoms with Gasteiger partial charge in [0.25, 0.3) is 0 Å². The largest absolute Gasteiger partial charge is 0.358 e. The van der Waals surface area contributed by atoms with Crippen molar-refractivity contribution in [2.45, 2.75) is 26.2 Å². The van der Waals surface area contributed by atoms with Gasteiger partial charge >= 0.3 is 0 Å². The summed E-state index contributed by atoms with van der Waals surface area (Å²) < 4.78 is 0. The van der Waals surface area contributed by atoms with E-state index in [0.717, 1.165) is 22.5 Å². The number of benzene rings is 4. The average Bonchev–Trinajstić information content (AvgIpc) is 3.20. The molecule has 0 atom stereocenters. The van der Waals surface area contributed by atoms with Gasteiger partial charge in [-0.3, -0.25) is 9.97 Å². The van der Waals surface area contributed by atoms with Crippen LogP contribution in [0.4, 0.5) is 0 Å². The Morgan fingerprint density at radius 2 is 1.40 bits per heavy atom. The van der Waals surface area contributed by atoms with Gasteiger partial charge in [-0.1, -0.05) is 115 Å². The van der Waals surface area contributed by atoms with Crippen LogP contribution in [0.25, 0.3) is 44.5 Å². The van der Waals surface area contributed by atoms with Crippen LogP contribution in [0.3, 0.4) is 0 Å². The summed E-state index contributed by atoms with van der Waals surface area (Å²) in [5.74, 6) is 0. The third-order valence-corrected chi connectivity index (χ3v) is 7.40. The Hall–Kier alpha value is -3.91. The van der Waals surface area contributed by atoms with Crippen molar-refractivity contribution in [1.82, 2.24) is 9.97 Å². The fourth-order valence-electron chi connectivity index (χ4n) is 5.26. The number of para-hydroxylation sites is 1. The van der Waals surface area contributed by atoms with E-state index >= 15 is 0 Å². The molecule has 0 amide bonds. The van der Waals surface area contributed by atoms with Gasteiger partial charge in [0.2, 0.25) is 0 Å². The molecule has 2 aromatic heterocycles. The van der Waals surface area contributed by atoms with Crippen molar-refractivity contribution in [3.8, 4) is 33.6 Å². The molecule has 2 nitrogen and oxygen atoms in total. The summed E-state index contributed by atoms with van der Waals surface area (Å²) in [6, 6.07) is 43.4. The van der Waals surface area contributed by atoms with E-state index in [2.05, 4.69) is 117 Å². The molecular formula is C37H32IrN2-2. The zero-order valence-electron chi connectivity index (χ0n) is 23.3. The minimum absolute atomic E-state index is 0. The van der Waals surface area contributed by atoms with Crippen molar-refractivity contribution < 1.29 is 20.1 Å². The Morgan fingerprint density at radius 3 is 2.17 bits per heavy atom. The topological polar surface area (TPSA) is 25.8 Å². The Labute approximate surface area is 251 Å². The van der Waals surface area contributed by atoms with E-state index in [1.54, 1.807) is 0 Å². The fourth-order valence-corrected chi connectivity index (χ4v) is 5.26. The first-order valence-electron chi connectivity index (χ1n) is 13.0. The maximum absolute atomic E-state index is 4.84. The molecule has 0 bridgehead atoms. The first-order chi connectivity index (χ1) is 18.5. The Balaban J connectivity index is 0.000000211. The SMILES string of the molecule is CC1(C)c2ccccc2-c2c[c-]c(-c3ccc4ccccc4n3)cc21.Cc1ccc(-c2ccccn2)cc1.[CH3-].[Ir]. The summed E-state index contributed by atoms with van der Waals surface area (Å²) in [7, 11) is 0. The molecule has 0 unspecified atom stereocenters. The van der Waals surface area contributed by atoms with Gasteiger partial charge in [-0.15, -0.1) is 29.3 Å². The monoisotopic (exact) mass is 697 g/mol. The maximum atomic E-state index is 4.84. The minimum Gasteiger partial charge on any atom is -0.358 e. The van der Waals surface area contributed by atoms with Crippen molar-refractivity contribution in [2.75, 3.05) is 0 Å². The van der Waals surface area contributed by atoms with Crippen LogP contribution in [0, 0.1) is 20.4 Å². The molecule has 4 aromatic carbocycles. The molecule has 0 saturated heterocycles. The van der Waals surface area contributed by atoms with E-state index in [1.165, 1.54) is 38.8 Å². The minimum atomic E-state index is 0. The molecule has 3 heteroatoms. The quantitative estimate of drug-likeness (QED) is 0.169. The normalized spacial score (nSPS) is 12.2. The van der Waals surface area contributed by atoms with Crippen LogP contribution < -0.4 is 0 Å². The smallest absolute Gasteiger partial charge is 0.0701 e. The van der Waals surface area contributed by atoms with Crippen LogP contribution in [0.2, 0.25) is 0 Å². The number of fused-ring (bicyclic) bond motifs is 4. The predicted octanol–water partition coefficient (Wildman–Crippen LogP) is 9.51. The summed E-state index contributed by atoms with van der Waals surface area (Å²) in [5, 5.41) is 1.17. The molecular weight excluding hydrogens is 665 g/mol. The Morgan fingerprint density at radius 1 is 0.675 bits per heavy atom. The second-order valence-electron chi connectivity index (χ2n) is 10.3. The van der Waals surface area contributed by atoms with Crippen molar-refractivity contribution in [3.05, 3.63) is 152 Å². The van der Waals surface area contributed by atoms with Crippen molar-refractivity contribution in [3.63, 3.8) is 0 Å². The molecule has 7 rings (SSSR count). The first kappa shape index (κ1) is 29.1. The molecule has 0 fully saturated rings. The molecule has 0 aliphatic heterocycles. The van der Waals surface area contributed by atoms with E-state index in [-0.39, 0.29) is 32.9 Å². The van der Waals surface area contributed by atoms with Gasteiger partial charge in [0, 0.05) is 31.9 Å². The molecule has 6 aromatic rings. The molecule has 1 aliphatic rings. The van der Waals surface area contributed by atoms with E-state index in [4.69, 9.17) is 4.98 Å². The number of aromatic nitrogens is 2. The van der Waals surface area contributed by atoms with E-state index in [1.807, 2.05) is 36.5 Å². The van der Waals surface area contributed by atoms with Gasteiger partial charge in [0.1, 0.15) is 0 Å². The standard InChI is InChI=1S/C24H18N.C12H11N.CH3.Ir/c1-24(2)20-9-5-4-8-18(20)19-13-11-17(15-21(19)24)23-14-12-16-7-3-6-10-22(16)25-23;1-10-5-7-11(8-6-10)12-4-2-3-9-13-12;;/h3-10,12-15H,1-2H3;2-9H,1H3;1H3;/q-1;;-1;. The van der Waals surface area contributed by atoms with E-state index in [9.17, 15) is 0 Å². The Bertz CT molecular complexity index is 1740. The predicted molar refractivity (Wildman–Crippen MR) is 164 cm³/mol. The average molecular weight is 697 g/mol. The molecule has 1 radical (unpaired) electrons. The number of aryl methyl sites for hydroxylation is 1. The number of pyridine rings is 2. The first-order valence-corrected chi connectivity index (χ1v) is 13.0. The van der Waals surface area contributed by atoms with E-state index < -0.39 is 0 Å². The van der Waals surface area contributed by atoms with Gasteiger partial charge in [0.15, 0.2) is 0 Å². The molecule has 0 spiro atoms. The molecule has 2 heterocycles. The molecule has 0 N–H and O–H groups in total. The van der Waals surface area contributed by atoms with Gasteiger partial charge in [-0.25, -0.2) is 0 Å². The summed E-state index contributed by atoms with van der Waals surface area (Å²) in [6.07, 6.45) is 1.81. The van der Waals surface area contributed by atoms with Crippen molar-refractivity contribution in [2.24, 2.45) is 0 Å². The number of hydrogen-bond donors (Lipinski definition) is 0. The van der Waals surface area contributed by atoms with Gasteiger partial charge < -0.3 is 7.43 Å². The van der Waals surface area contributed by atoms with Gasteiger partial charge in [0.05, 0.1) is 11.2 Å². The maximum Gasteiger partial charge on any atom is 0.0701 e. The van der Waals surface area contributed by atoms with Crippen LogP contribution in [-0.2, 0) is 25.5 Å². The van der Waals surface area contributed by atoms with Crippen LogP contribution in [0.5, 0.6) is 0 Å². The van der Waals surface area contributed by atoms with Crippen molar-refractivity contribution >= 4 is 10.9 Å². The van der Waals surface area contributed by atoms with Gasteiger partial charge in [-0.05, 0) is 47.2 Å². The van der Waals surface area contributed by atoms with Crippen molar-refractivity contribution in [1.29, 1.82) is 0 Å². The molecule has 0 saturated carbocycles. The summed E-state index contributed by atoms with van der Waals surface area (Å²) in [4.78, 5) is 9.12. The number of nitrogens with zero attached hydrogens (tertiary/aromatic N) is 2. The number of rotatable bonds is 2. The summed E-state index contributed by atoms with van der Waals surface area (Å²) in [5.41, 5.74) is 11.9. The van der Waals surface area contributed by atoms with Crippen LogP contribution in [0.1, 0.15) is 30.5 Å². The van der Waals surface area contributed by atoms with Crippen LogP contribution in [-0.4, -0.2) is 9.97 Å². The zero-order valence-corrected chi connectivity index (χ0v) is 25.7. The summed E-state index contributed by atoms with van der Waals surface area (Å²) >= 11 is 0. The second-order valence-corrected chi connectivity index (χ2v) is 10.3. The van der Waals surface area contributed by atoms with Gasteiger partial charge in [-0.2, -0.15) is 0 Å². The van der Waals surface area contributed by atoms with Crippen LogP contribution in [0.15, 0.2) is 121 Å². The fraction of sp³-hybridized carbons (Fsp3) is 0.108. The van der Waals surface area contributed by atoms with E-state index in [0.29, 0.717) is 0 Å². The molecule has 201 valence electrons. The molecule has 1 aliphatic carbocycles. The second kappa shape index (κ2) is 12.1. The molecule has 40 heavy (non-hydrogen) atoms. The number of hydrogen-bond acceptors (Lipinski definition) is 2.